The molecule has 0 saturated heterocycles. The second kappa shape index (κ2) is 41.0. The Labute approximate surface area is 615 Å². The van der Waals surface area contributed by atoms with Gasteiger partial charge in [0.05, 0.1) is 24.2 Å². The molecule has 4 aromatic heterocycles. The summed E-state index contributed by atoms with van der Waals surface area (Å²) >= 11 is 0. The Morgan fingerprint density at radius 2 is 0.430 bits per heavy atom. The van der Waals surface area contributed by atoms with Crippen molar-refractivity contribution in [1.29, 1.82) is 0 Å². The first-order chi connectivity index (χ1) is 50.2. The van der Waals surface area contributed by atoms with Gasteiger partial charge in [-0.2, -0.15) is 0 Å². The third-order valence-corrected chi connectivity index (χ3v) is 17.4. The van der Waals surface area contributed by atoms with Gasteiger partial charge in [0.15, 0.2) is 0 Å². The van der Waals surface area contributed by atoms with Crippen LogP contribution in [0, 0.1) is 0 Å². The van der Waals surface area contributed by atoms with Gasteiger partial charge in [-0.1, -0.05) is 194 Å². The first-order valence-electron chi connectivity index (χ1n) is 33.7. The second-order valence-electron chi connectivity index (χ2n) is 25.0. The van der Waals surface area contributed by atoms with Gasteiger partial charge in [-0.3, -0.25) is 19.2 Å². The van der Waals surface area contributed by atoms with E-state index in [1.165, 1.54) is 0 Å². The lowest BCUT2D eigenvalue weighted by Crippen LogP contribution is -2.50. The molecule has 0 unspecified atom stereocenters. The zero-order chi connectivity index (χ0) is 74.1. The van der Waals surface area contributed by atoms with Gasteiger partial charge in [0, 0.05) is 94.1 Å². The molecular formula is C80H90N12O15. The maximum Gasteiger partial charge on any atom is 0.326 e. The summed E-state index contributed by atoms with van der Waals surface area (Å²) in [4.78, 5) is 108. The third-order valence-electron chi connectivity index (χ3n) is 17.4. The highest BCUT2D eigenvalue weighted by molar-refractivity contribution is 5.92. The van der Waals surface area contributed by atoms with Gasteiger partial charge < -0.3 is 101 Å². The van der Waals surface area contributed by atoms with Crippen LogP contribution in [0.2, 0.25) is 0 Å². The molecule has 0 aliphatic heterocycles. The standard InChI is InChI=1S/4C20H21N3O3.3H2O/c4*21-16(10-13-6-2-1-3-7-13)19(24)23-18(20(25)26)11-14-12-22-17-9-5-4-8-15(14)17;;;/h4*1-9,12,16,18,22H,10-11,21H2,(H,23,24)(H,25,26);3*1H2/t4*16-,18-;;;/m0000.../s1. The van der Waals surface area contributed by atoms with Crippen molar-refractivity contribution >= 4 is 91.1 Å². The maximum absolute atomic E-state index is 12.3. The number of hydrogen-bond donors (Lipinski definition) is 16. The smallest absolute Gasteiger partial charge is 0.326 e. The Hall–Kier alpha value is -12.6. The number of aliphatic carboxylic acids is 4. The molecule has 0 aliphatic carbocycles. The van der Waals surface area contributed by atoms with E-state index in [0.29, 0.717) is 25.7 Å². The predicted molar refractivity (Wildman–Crippen MR) is 410 cm³/mol. The van der Waals surface area contributed by atoms with Crippen LogP contribution < -0.4 is 44.2 Å². The number of aromatic nitrogens is 4. The average molecular weight is 1460 g/mol. The molecule has 12 aromatic rings. The summed E-state index contributed by atoms with van der Waals surface area (Å²) in [5.41, 5.74) is 34.6. The summed E-state index contributed by atoms with van der Waals surface area (Å²) in [5.74, 6) is -6.23. The van der Waals surface area contributed by atoms with Gasteiger partial charge >= 0.3 is 23.9 Å². The summed E-state index contributed by atoms with van der Waals surface area (Å²) in [6.07, 6.45) is 9.25. The van der Waals surface area contributed by atoms with Crippen molar-refractivity contribution in [2.24, 2.45) is 22.9 Å². The predicted octanol–water partition coefficient (Wildman–Crippen LogP) is 4.93. The monoisotopic (exact) mass is 1460 g/mol. The SMILES string of the molecule is N[C@@H](Cc1ccccc1)C(=O)N[C@@H](Cc1c[nH]c2ccccc12)C(=O)O.N[C@@H](Cc1ccccc1)C(=O)N[C@@H](Cc1c[nH]c2ccccc12)C(=O)O.N[C@@H](Cc1ccccc1)C(=O)N[C@@H](Cc1c[nH]c2ccccc12)C(=O)O.N[C@@H](Cc1ccccc1)C(=O)N[C@@H](Cc1c[nH]c2ccccc12)C(=O)O.O.O.O. The van der Waals surface area contributed by atoms with E-state index in [1.54, 1.807) is 24.8 Å². The fourth-order valence-corrected chi connectivity index (χ4v) is 11.8. The first-order valence-corrected chi connectivity index (χ1v) is 33.7. The number of benzene rings is 8. The minimum Gasteiger partial charge on any atom is -0.480 e. The Morgan fingerprint density at radius 1 is 0.262 bits per heavy atom. The van der Waals surface area contributed by atoms with E-state index in [4.69, 9.17) is 22.9 Å². The highest BCUT2D eigenvalue weighted by atomic mass is 16.4. The number of nitrogens with two attached hydrogens (primary N) is 4. The number of H-pyrrole nitrogens is 4. The summed E-state index contributed by atoms with van der Waals surface area (Å²) < 4.78 is 0. The first kappa shape index (κ1) is 83.3. The van der Waals surface area contributed by atoms with Crippen molar-refractivity contribution in [1.82, 2.24) is 41.2 Å². The number of fused-ring (bicyclic) bond motifs is 4. The van der Waals surface area contributed by atoms with Crippen LogP contribution in [0.1, 0.15) is 44.5 Å². The minimum atomic E-state index is -1.09. The highest BCUT2D eigenvalue weighted by Gasteiger charge is 2.29. The normalized spacial score (nSPS) is 12.9. The molecule has 107 heavy (non-hydrogen) atoms. The molecule has 0 fully saturated rings. The van der Waals surface area contributed by atoms with Gasteiger partial charge in [0.1, 0.15) is 24.2 Å². The molecular weight excluding hydrogens is 1370 g/mol. The lowest BCUT2D eigenvalue weighted by atomic mass is 10.0. The fourth-order valence-electron chi connectivity index (χ4n) is 11.8. The van der Waals surface area contributed by atoms with E-state index in [2.05, 4.69) is 41.2 Å². The molecule has 8 atom stereocenters. The molecule has 0 bridgehead atoms. The molecule has 0 saturated carbocycles. The van der Waals surface area contributed by atoms with Crippen molar-refractivity contribution in [2.45, 2.75) is 99.7 Å². The van der Waals surface area contributed by atoms with E-state index >= 15 is 0 Å². The van der Waals surface area contributed by atoms with Crippen molar-refractivity contribution in [3.63, 3.8) is 0 Å². The molecule has 4 heterocycles. The third kappa shape index (κ3) is 24.2. The Balaban J connectivity index is 0.000000221. The molecule has 560 valence electrons. The Bertz CT molecular complexity index is 4230. The summed E-state index contributed by atoms with van der Waals surface area (Å²) in [7, 11) is 0. The number of aromatic amines is 4. The van der Waals surface area contributed by atoms with Crippen LogP contribution in [-0.2, 0) is 89.7 Å². The number of carbonyl (C=O) groups excluding carboxylic acids is 4. The summed E-state index contributed by atoms with van der Waals surface area (Å²) in [6.45, 7) is 0. The molecule has 4 amide bonds. The van der Waals surface area contributed by atoms with Crippen molar-refractivity contribution < 1.29 is 75.2 Å². The Kier molecular flexibility index (Phi) is 32.0. The quantitative estimate of drug-likeness (QED) is 0.0309. The van der Waals surface area contributed by atoms with Gasteiger partial charge in [-0.05, 0) is 94.5 Å². The van der Waals surface area contributed by atoms with Crippen LogP contribution in [-0.4, -0.2) is 153 Å². The Morgan fingerprint density at radius 3 is 0.607 bits per heavy atom. The highest BCUT2D eigenvalue weighted by Crippen LogP contribution is 2.24. The molecule has 0 aliphatic rings. The van der Waals surface area contributed by atoms with Crippen LogP contribution in [0.3, 0.4) is 0 Å². The molecule has 0 radical (unpaired) electrons. The van der Waals surface area contributed by atoms with Crippen molar-refractivity contribution in [2.75, 3.05) is 0 Å². The molecule has 12 rings (SSSR count). The number of nitrogens with one attached hydrogen (secondary N) is 8. The zero-order valence-electron chi connectivity index (χ0n) is 58.2. The lowest BCUT2D eigenvalue weighted by molar-refractivity contribution is -0.142. The number of hydrogen-bond acceptors (Lipinski definition) is 12. The molecule has 8 aromatic carbocycles. The minimum absolute atomic E-state index is 0. The number of rotatable bonds is 28. The van der Waals surface area contributed by atoms with Crippen LogP contribution in [0.5, 0.6) is 0 Å². The topological polar surface area (TPSA) is 527 Å². The van der Waals surface area contributed by atoms with Gasteiger partial charge in [0.25, 0.3) is 0 Å². The molecule has 26 N–H and O–H groups in total. The number of para-hydroxylation sites is 4. The van der Waals surface area contributed by atoms with E-state index in [9.17, 15) is 58.8 Å². The largest absolute Gasteiger partial charge is 0.480 e. The van der Waals surface area contributed by atoms with E-state index in [1.807, 2.05) is 218 Å². The number of amides is 4. The van der Waals surface area contributed by atoms with E-state index in [-0.39, 0.29) is 42.1 Å². The van der Waals surface area contributed by atoms with Gasteiger partial charge in [-0.15, -0.1) is 0 Å². The number of carboxylic acids is 4. The van der Waals surface area contributed by atoms with Crippen LogP contribution in [0.4, 0.5) is 0 Å². The van der Waals surface area contributed by atoms with Crippen LogP contribution >= 0.6 is 0 Å². The van der Waals surface area contributed by atoms with E-state index in [0.717, 1.165) is 88.1 Å². The van der Waals surface area contributed by atoms with Crippen molar-refractivity contribution in [3.05, 3.63) is 288 Å². The molecule has 27 nitrogen and oxygen atoms in total. The molecule has 27 heteroatoms. The van der Waals surface area contributed by atoms with Crippen LogP contribution in [0.25, 0.3) is 43.6 Å². The summed E-state index contributed by atoms with van der Waals surface area (Å²) in [6, 6.07) is 60.8. The number of carboxylic acid groups (broad SMARTS) is 4. The van der Waals surface area contributed by atoms with Gasteiger partial charge in [0.2, 0.25) is 23.6 Å². The van der Waals surface area contributed by atoms with Gasteiger partial charge in [-0.25, -0.2) is 19.2 Å². The lowest BCUT2D eigenvalue weighted by Gasteiger charge is -2.18. The number of carbonyl (C=O) groups is 8. The summed E-state index contributed by atoms with van der Waals surface area (Å²) in [5, 5.41) is 52.0. The fraction of sp³-hybridized carbons (Fsp3) is 0.200. The van der Waals surface area contributed by atoms with Crippen molar-refractivity contribution in [3.8, 4) is 0 Å². The van der Waals surface area contributed by atoms with E-state index < -0.39 is 95.8 Å². The second-order valence-corrected chi connectivity index (χ2v) is 25.0. The molecule has 0 spiro atoms. The maximum atomic E-state index is 12.3. The zero-order valence-corrected chi connectivity index (χ0v) is 58.2. The average Bonchev–Trinajstić information content (AvgIpc) is 1.60. The van der Waals surface area contributed by atoms with Crippen LogP contribution in [0.15, 0.2) is 243 Å².